The van der Waals surface area contributed by atoms with Gasteiger partial charge in [0, 0.05) is 11.6 Å². The first kappa shape index (κ1) is 17.0. The Balaban J connectivity index is 1.83. The van der Waals surface area contributed by atoms with Gasteiger partial charge in [-0.05, 0) is 37.1 Å². The Morgan fingerprint density at radius 1 is 1.38 bits per heavy atom. The molecule has 0 saturated heterocycles. The molecular formula is C17H16ClN5O2S. The summed E-state index contributed by atoms with van der Waals surface area (Å²) in [6.07, 6.45) is 3.53. The van der Waals surface area contributed by atoms with Crippen molar-refractivity contribution in [1.29, 1.82) is 0 Å². The van der Waals surface area contributed by atoms with Gasteiger partial charge in [-0.25, -0.2) is 4.98 Å². The van der Waals surface area contributed by atoms with Crippen molar-refractivity contribution in [1.82, 2.24) is 19.7 Å². The highest BCUT2D eigenvalue weighted by atomic mass is 35.5. The van der Waals surface area contributed by atoms with E-state index in [-0.39, 0.29) is 17.3 Å². The number of aromatic amines is 1. The molecule has 0 aromatic carbocycles. The molecule has 0 atom stereocenters. The van der Waals surface area contributed by atoms with Crippen LogP contribution in [0.3, 0.4) is 0 Å². The van der Waals surface area contributed by atoms with Crippen molar-refractivity contribution >= 4 is 34.7 Å². The average Bonchev–Trinajstić information content (AvgIpc) is 3.31. The van der Waals surface area contributed by atoms with Crippen LogP contribution in [0.2, 0.25) is 0 Å². The lowest BCUT2D eigenvalue weighted by molar-refractivity contribution is -0.114. The van der Waals surface area contributed by atoms with Gasteiger partial charge in [0.15, 0.2) is 0 Å². The number of carbonyl (C=O) groups excluding carboxylic acids is 1. The number of nitrogens with zero attached hydrogens (tertiary/aromatic N) is 3. The molecule has 1 aliphatic carbocycles. The lowest BCUT2D eigenvalue weighted by atomic mass is 9.97. The Kier molecular flexibility index (Phi) is 4.60. The number of carbonyl (C=O) groups is 1. The maximum atomic E-state index is 12.4. The third-order valence-corrected chi connectivity index (χ3v) is 5.39. The van der Waals surface area contributed by atoms with Gasteiger partial charge in [0.05, 0.1) is 10.6 Å². The van der Waals surface area contributed by atoms with Gasteiger partial charge in [-0.2, -0.15) is 9.78 Å². The first-order valence-corrected chi connectivity index (χ1v) is 9.69. The van der Waals surface area contributed by atoms with Crippen molar-refractivity contribution in [2.45, 2.75) is 25.7 Å². The third kappa shape index (κ3) is 3.17. The van der Waals surface area contributed by atoms with E-state index in [0.29, 0.717) is 17.5 Å². The van der Waals surface area contributed by atoms with Crippen LogP contribution >= 0.6 is 22.9 Å². The third-order valence-electron chi connectivity index (χ3n) is 4.25. The molecule has 26 heavy (non-hydrogen) atoms. The number of fused-ring (bicyclic) bond motifs is 1. The minimum absolute atomic E-state index is 0.146. The molecule has 0 aliphatic heterocycles. The molecule has 4 rings (SSSR count). The van der Waals surface area contributed by atoms with Crippen LogP contribution in [-0.4, -0.2) is 31.5 Å². The van der Waals surface area contributed by atoms with Gasteiger partial charge in [0.2, 0.25) is 11.9 Å². The Bertz CT molecular complexity index is 1010. The van der Waals surface area contributed by atoms with Crippen LogP contribution in [0.5, 0.6) is 0 Å². The second-order valence-electron chi connectivity index (χ2n) is 6.01. The monoisotopic (exact) mass is 389 g/mol. The van der Waals surface area contributed by atoms with Crippen molar-refractivity contribution in [3.05, 3.63) is 45.2 Å². The van der Waals surface area contributed by atoms with E-state index in [1.807, 2.05) is 17.5 Å². The van der Waals surface area contributed by atoms with E-state index >= 15 is 0 Å². The first-order chi connectivity index (χ1) is 12.7. The number of hydrogen-bond acceptors (Lipinski definition) is 5. The smallest absolute Gasteiger partial charge is 0.255 e. The Morgan fingerprint density at radius 3 is 3.00 bits per heavy atom. The van der Waals surface area contributed by atoms with Crippen molar-refractivity contribution in [2.24, 2.45) is 0 Å². The quantitative estimate of drug-likeness (QED) is 0.671. The fourth-order valence-corrected chi connectivity index (χ4v) is 3.79. The van der Waals surface area contributed by atoms with Gasteiger partial charge < -0.3 is 5.32 Å². The zero-order valence-electron chi connectivity index (χ0n) is 13.8. The maximum Gasteiger partial charge on any atom is 0.255 e. The van der Waals surface area contributed by atoms with E-state index in [0.717, 1.165) is 41.8 Å². The summed E-state index contributed by atoms with van der Waals surface area (Å²) in [5.41, 5.74) is 2.09. The molecule has 9 heteroatoms. The van der Waals surface area contributed by atoms with Gasteiger partial charge in [-0.1, -0.05) is 6.07 Å². The summed E-state index contributed by atoms with van der Waals surface area (Å²) in [6, 6.07) is 5.61. The second-order valence-corrected chi connectivity index (χ2v) is 7.22. The Labute approximate surface area is 158 Å². The molecule has 3 aromatic rings. The fourth-order valence-electron chi connectivity index (χ4n) is 3.04. The average molecular weight is 390 g/mol. The van der Waals surface area contributed by atoms with E-state index < -0.39 is 0 Å². The Morgan fingerprint density at radius 2 is 2.23 bits per heavy atom. The number of alkyl halides is 1. The molecule has 3 heterocycles. The SMILES string of the molecule is O=C(CCl)Nc1cc(-c2cccs2)nn1-c1nc2c(c(=O)[nH]1)CCCC2. The van der Waals surface area contributed by atoms with Crippen LogP contribution in [0, 0.1) is 0 Å². The van der Waals surface area contributed by atoms with E-state index in [9.17, 15) is 9.59 Å². The predicted molar refractivity (Wildman–Crippen MR) is 101 cm³/mol. The van der Waals surface area contributed by atoms with E-state index in [1.54, 1.807) is 6.07 Å². The standard InChI is InChI=1S/C17H16ClN5O2S/c18-9-15(24)20-14-8-12(13-6-3-7-26-13)22-23(14)17-19-11-5-2-1-4-10(11)16(25)21-17/h3,6-8H,1-2,4-5,9H2,(H,20,24)(H,19,21,25). The molecule has 7 nitrogen and oxygen atoms in total. The van der Waals surface area contributed by atoms with Crippen LogP contribution < -0.4 is 10.9 Å². The number of rotatable bonds is 4. The number of aryl methyl sites for hydroxylation is 1. The summed E-state index contributed by atoms with van der Waals surface area (Å²) >= 11 is 7.15. The normalized spacial score (nSPS) is 13.4. The molecule has 0 radical (unpaired) electrons. The van der Waals surface area contributed by atoms with Crippen molar-refractivity contribution in [3.63, 3.8) is 0 Å². The van der Waals surface area contributed by atoms with Crippen LogP contribution in [0.1, 0.15) is 24.1 Å². The zero-order valence-corrected chi connectivity index (χ0v) is 15.4. The van der Waals surface area contributed by atoms with E-state index in [4.69, 9.17) is 11.6 Å². The highest BCUT2D eigenvalue weighted by molar-refractivity contribution is 7.13. The van der Waals surface area contributed by atoms with Crippen LogP contribution in [0.25, 0.3) is 16.5 Å². The second kappa shape index (κ2) is 7.05. The summed E-state index contributed by atoms with van der Waals surface area (Å²) in [4.78, 5) is 32.6. The zero-order chi connectivity index (χ0) is 18.1. The number of amides is 1. The molecular weight excluding hydrogens is 374 g/mol. The molecule has 3 aromatic heterocycles. The number of H-pyrrole nitrogens is 1. The van der Waals surface area contributed by atoms with E-state index in [1.165, 1.54) is 16.0 Å². The number of nitrogens with one attached hydrogen (secondary N) is 2. The molecule has 2 N–H and O–H groups in total. The van der Waals surface area contributed by atoms with Gasteiger partial charge in [-0.3, -0.25) is 14.6 Å². The largest absolute Gasteiger partial charge is 0.309 e. The first-order valence-electron chi connectivity index (χ1n) is 8.28. The lowest BCUT2D eigenvalue weighted by Crippen LogP contribution is -2.25. The molecule has 0 spiro atoms. The number of aromatic nitrogens is 4. The molecule has 0 bridgehead atoms. The molecule has 0 fully saturated rings. The van der Waals surface area contributed by atoms with Crippen molar-refractivity contribution < 1.29 is 4.79 Å². The minimum Gasteiger partial charge on any atom is -0.309 e. The maximum absolute atomic E-state index is 12.4. The summed E-state index contributed by atoms with van der Waals surface area (Å²) < 4.78 is 1.45. The van der Waals surface area contributed by atoms with Gasteiger partial charge >= 0.3 is 0 Å². The summed E-state index contributed by atoms with van der Waals surface area (Å²) in [5.74, 6) is 0.181. The molecule has 134 valence electrons. The van der Waals surface area contributed by atoms with Crippen LogP contribution in [-0.2, 0) is 17.6 Å². The lowest BCUT2D eigenvalue weighted by Gasteiger charge is -2.15. The van der Waals surface area contributed by atoms with Gasteiger partial charge in [-0.15, -0.1) is 22.9 Å². The van der Waals surface area contributed by atoms with Crippen molar-refractivity contribution in [3.8, 4) is 16.5 Å². The number of hydrogen-bond donors (Lipinski definition) is 2. The van der Waals surface area contributed by atoms with Crippen LogP contribution in [0.4, 0.5) is 5.82 Å². The predicted octanol–water partition coefficient (Wildman–Crippen LogP) is 2.74. The summed E-state index contributed by atoms with van der Waals surface area (Å²) in [6.45, 7) is 0. The molecule has 0 saturated carbocycles. The highest BCUT2D eigenvalue weighted by Gasteiger charge is 2.20. The minimum atomic E-state index is -0.356. The molecule has 0 unspecified atom stereocenters. The number of anilines is 1. The van der Waals surface area contributed by atoms with Gasteiger partial charge in [0.1, 0.15) is 17.4 Å². The van der Waals surface area contributed by atoms with Gasteiger partial charge in [0.25, 0.3) is 5.56 Å². The summed E-state index contributed by atoms with van der Waals surface area (Å²) in [7, 11) is 0. The van der Waals surface area contributed by atoms with Crippen LogP contribution in [0.15, 0.2) is 28.4 Å². The highest BCUT2D eigenvalue weighted by Crippen LogP contribution is 2.27. The Hall–Kier alpha value is -2.45. The van der Waals surface area contributed by atoms with Crippen molar-refractivity contribution in [2.75, 3.05) is 11.2 Å². The number of thiophene rings is 1. The molecule has 1 aliphatic rings. The molecule has 1 amide bonds. The summed E-state index contributed by atoms with van der Waals surface area (Å²) in [5, 5.41) is 9.20. The van der Waals surface area contributed by atoms with E-state index in [2.05, 4.69) is 20.4 Å². The number of halogens is 1. The topological polar surface area (TPSA) is 92.7 Å². The fraction of sp³-hybridized carbons (Fsp3) is 0.294.